The molecule has 0 bridgehead atoms. The van der Waals surface area contributed by atoms with E-state index in [0.717, 1.165) is 30.7 Å². The summed E-state index contributed by atoms with van der Waals surface area (Å²) >= 11 is 0. The highest BCUT2D eigenvalue weighted by Gasteiger charge is 2.28. The van der Waals surface area contributed by atoms with E-state index in [2.05, 4.69) is 19.2 Å². The Labute approximate surface area is 109 Å². The Morgan fingerprint density at radius 2 is 2.00 bits per heavy atom. The number of rotatable bonds is 3. The first kappa shape index (κ1) is 13.1. The van der Waals surface area contributed by atoms with Gasteiger partial charge in [0.05, 0.1) is 5.60 Å². The molecule has 1 heterocycles. The highest BCUT2D eigenvalue weighted by Crippen LogP contribution is 2.26. The maximum absolute atomic E-state index is 11.2. The van der Waals surface area contributed by atoms with E-state index >= 15 is 0 Å². The van der Waals surface area contributed by atoms with Crippen LogP contribution in [0.2, 0.25) is 0 Å². The molecule has 0 saturated carbocycles. The Bertz CT molecular complexity index is 423. The van der Waals surface area contributed by atoms with Crippen LogP contribution >= 0.6 is 0 Å². The number of benzene rings is 1. The van der Waals surface area contributed by atoms with E-state index in [1.165, 1.54) is 0 Å². The molecule has 0 spiro atoms. The van der Waals surface area contributed by atoms with Crippen molar-refractivity contribution in [3.8, 4) is 0 Å². The summed E-state index contributed by atoms with van der Waals surface area (Å²) in [6.07, 6.45) is 2.03. The first-order chi connectivity index (χ1) is 8.46. The van der Waals surface area contributed by atoms with Crippen molar-refractivity contribution in [2.75, 3.05) is 11.9 Å². The highest BCUT2D eigenvalue weighted by atomic mass is 16.5. The van der Waals surface area contributed by atoms with Gasteiger partial charge in [-0.25, -0.2) is 0 Å². The topological polar surface area (TPSA) is 38.3 Å². The molecule has 3 nitrogen and oxygen atoms in total. The van der Waals surface area contributed by atoms with Crippen LogP contribution in [0, 0.1) is 0 Å². The Morgan fingerprint density at radius 3 is 2.56 bits per heavy atom. The molecule has 2 rings (SSSR count). The van der Waals surface area contributed by atoms with Gasteiger partial charge in [-0.1, -0.05) is 0 Å². The quantitative estimate of drug-likeness (QED) is 0.833. The number of nitrogens with one attached hydrogen (secondary N) is 1. The zero-order chi connectivity index (χ0) is 13.2. The molecule has 1 saturated heterocycles. The van der Waals surface area contributed by atoms with Crippen LogP contribution in [0.3, 0.4) is 0 Å². The molecule has 1 fully saturated rings. The number of anilines is 1. The molecular weight excluding hydrogens is 226 g/mol. The Balaban J connectivity index is 1.99. The zero-order valence-electron chi connectivity index (χ0n) is 11.3. The average Bonchev–Trinajstić information content (AvgIpc) is 2.28. The largest absolute Gasteiger partial charge is 0.382 e. The molecule has 1 N–H and O–H groups in total. The maximum atomic E-state index is 11.2. The van der Waals surface area contributed by atoms with Crippen molar-refractivity contribution in [1.29, 1.82) is 0 Å². The van der Waals surface area contributed by atoms with Gasteiger partial charge in [-0.2, -0.15) is 0 Å². The maximum Gasteiger partial charge on any atom is 0.159 e. The number of carbonyl (C=O) groups is 1. The Hall–Kier alpha value is -1.35. The van der Waals surface area contributed by atoms with E-state index < -0.39 is 0 Å². The van der Waals surface area contributed by atoms with E-state index in [0.29, 0.717) is 6.04 Å². The second-order valence-electron chi connectivity index (χ2n) is 5.58. The molecule has 1 aliphatic rings. The van der Waals surface area contributed by atoms with Crippen molar-refractivity contribution >= 4 is 11.5 Å². The van der Waals surface area contributed by atoms with Gasteiger partial charge in [0.2, 0.25) is 0 Å². The lowest BCUT2D eigenvalue weighted by Gasteiger charge is -2.36. The van der Waals surface area contributed by atoms with Crippen LogP contribution in [-0.2, 0) is 4.74 Å². The van der Waals surface area contributed by atoms with Crippen molar-refractivity contribution in [3.05, 3.63) is 29.8 Å². The van der Waals surface area contributed by atoms with Crippen LogP contribution in [0.4, 0.5) is 5.69 Å². The summed E-state index contributed by atoms with van der Waals surface area (Å²) in [5.74, 6) is 0.105. The molecule has 18 heavy (non-hydrogen) atoms. The first-order valence-electron chi connectivity index (χ1n) is 6.48. The Morgan fingerprint density at radius 1 is 1.33 bits per heavy atom. The van der Waals surface area contributed by atoms with Crippen LogP contribution in [0.15, 0.2) is 24.3 Å². The van der Waals surface area contributed by atoms with E-state index in [9.17, 15) is 4.79 Å². The predicted octanol–water partition coefficient (Wildman–Crippen LogP) is 3.26. The first-order valence-corrected chi connectivity index (χ1v) is 6.48. The second-order valence-corrected chi connectivity index (χ2v) is 5.58. The van der Waals surface area contributed by atoms with Crippen LogP contribution < -0.4 is 5.32 Å². The molecule has 1 aliphatic heterocycles. The van der Waals surface area contributed by atoms with Gasteiger partial charge in [0.1, 0.15) is 0 Å². The lowest BCUT2D eigenvalue weighted by Crippen LogP contribution is -2.40. The number of Topliss-reactive ketones (excluding diaryl/α,β-unsaturated/α-hetero) is 1. The molecule has 0 amide bonds. The van der Waals surface area contributed by atoms with Crippen molar-refractivity contribution in [3.63, 3.8) is 0 Å². The number of ketones is 1. The fourth-order valence-corrected chi connectivity index (χ4v) is 2.39. The minimum atomic E-state index is -0.0464. The second kappa shape index (κ2) is 5.11. The summed E-state index contributed by atoms with van der Waals surface area (Å²) in [6.45, 7) is 6.64. The van der Waals surface area contributed by atoms with E-state index in [1.54, 1.807) is 6.92 Å². The smallest absolute Gasteiger partial charge is 0.159 e. The van der Waals surface area contributed by atoms with Gasteiger partial charge in [0, 0.05) is 23.9 Å². The molecule has 1 aromatic carbocycles. The van der Waals surface area contributed by atoms with Gasteiger partial charge >= 0.3 is 0 Å². The third-order valence-electron chi connectivity index (χ3n) is 3.36. The van der Waals surface area contributed by atoms with Crippen molar-refractivity contribution in [2.45, 2.75) is 45.3 Å². The van der Waals surface area contributed by atoms with E-state index in [4.69, 9.17) is 4.74 Å². The minimum Gasteiger partial charge on any atom is -0.382 e. The fourth-order valence-electron chi connectivity index (χ4n) is 2.39. The molecule has 0 aliphatic carbocycles. The molecule has 1 unspecified atom stereocenters. The van der Waals surface area contributed by atoms with Gasteiger partial charge in [0.15, 0.2) is 5.78 Å². The summed E-state index contributed by atoms with van der Waals surface area (Å²) < 4.78 is 5.70. The normalized spacial score (nSPS) is 22.5. The SMILES string of the molecule is CC(=O)c1ccc(NC2CCOC(C)(C)C2)cc1. The number of hydrogen-bond acceptors (Lipinski definition) is 3. The summed E-state index contributed by atoms with van der Waals surface area (Å²) in [5, 5.41) is 3.51. The summed E-state index contributed by atoms with van der Waals surface area (Å²) in [5.41, 5.74) is 1.78. The van der Waals surface area contributed by atoms with Crippen LogP contribution in [0.1, 0.15) is 44.0 Å². The predicted molar refractivity (Wildman–Crippen MR) is 73.1 cm³/mol. The van der Waals surface area contributed by atoms with Gasteiger partial charge in [0.25, 0.3) is 0 Å². The summed E-state index contributed by atoms with van der Waals surface area (Å²) in [4.78, 5) is 11.2. The highest BCUT2D eigenvalue weighted by molar-refractivity contribution is 5.94. The Kier molecular flexibility index (Phi) is 3.71. The van der Waals surface area contributed by atoms with Crippen molar-refractivity contribution in [2.24, 2.45) is 0 Å². The molecule has 0 aromatic heterocycles. The van der Waals surface area contributed by atoms with E-state index in [1.807, 2.05) is 24.3 Å². The van der Waals surface area contributed by atoms with Crippen molar-refractivity contribution < 1.29 is 9.53 Å². The van der Waals surface area contributed by atoms with Gasteiger partial charge in [-0.3, -0.25) is 4.79 Å². The monoisotopic (exact) mass is 247 g/mol. The minimum absolute atomic E-state index is 0.0464. The zero-order valence-corrected chi connectivity index (χ0v) is 11.3. The fraction of sp³-hybridized carbons (Fsp3) is 0.533. The molecule has 98 valence electrons. The van der Waals surface area contributed by atoms with Gasteiger partial charge in [-0.15, -0.1) is 0 Å². The average molecular weight is 247 g/mol. The third-order valence-corrected chi connectivity index (χ3v) is 3.36. The molecular formula is C15H21NO2. The van der Waals surface area contributed by atoms with Crippen molar-refractivity contribution in [1.82, 2.24) is 0 Å². The lowest BCUT2D eigenvalue weighted by atomic mass is 9.94. The summed E-state index contributed by atoms with van der Waals surface area (Å²) in [6, 6.07) is 8.12. The molecule has 0 radical (unpaired) electrons. The van der Waals surface area contributed by atoms with Crippen LogP contribution in [-0.4, -0.2) is 24.0 Å². The summed E-state index contributed by atoms with van der Waals surface area (Å²) in [7, 11) is 0. The number of hydrogen-bond donors (Lipinski definition) is 1. The van der Waals surface area contributed by atoms with E-state index in [-0.39, 0.29) is 11.4 Å². The molecule has 1 aromatic rings. The third kappa shape index (κ3) is 3.33. The van der Waals surface area contributed by atoms with Gasteiger partial charge < -0.3 is 10.1 Å². The van der Waals surface area contributed by atoms with Gasteiger partial charge in [-0.05, 0) is 57.9 Å². The number of carbonyl (C=O) groups excluding carboxylic acids is 1. The van der Waals surface area contributed by atoms with Crippen LogP contribution in [0.5, 0.6) is 0 Å². The number of ether oxygens (including phenoxy) is 1. The lowest BCUT2D eigenvalue weighted by molar-refractivity contribution is -0.0553. The molecule has 1 atom stereocenters. The standard InChI is InChI=1S/C15H21NO2/c1-11(17)12-4-6-13(7-5-12)16-14-8-9-18-15(2,3)10-14/h4-7,14,16H,8-10H2,1-3H3. The van der Waals surface area contributed by atoms with Crippen LogP contribution in [0.25, 0.3) is 0 Å². The molecule has 3 heteroatoms.